The molecule has 4 nitrogen and oxygen atoms in total. The molecule has 0 saturated heterocycles. The van der Waals surface area contributed by atoms with Gasteiger partial charge in [-0.15, -0.1) is 0 Å². The average Bonchev–Trinajstić information content (AvgIpc) is 2.13. The second-order valence-electron chi connectivity index (χ2n) is 3.03. The van der Waals surface area contributed by atoms with Gasteiger partial charge in [-0.05, 0) is 12.8 Å². The summed E-state index contributed by atoms with van der Waals surface area (Å²) < 4.78 is 4.82. The average molecular weight is 201 g/mol. The molecule has 0 aliphatic rings. The number of hydrogen-bond donors (Lipinski definition) is 0. The Morgan fingerprint density at radius 3 is 2.57 bits per heavy atom. The number of unbranched alkanes of at least 4 members (excludes halogenated alkanes) is 1. The first-order valence-electron chi connectivity index (χ1n) is 4.93. The van der Waals surface area contributed by atoms with Crippen molar-refractivity contribution < 1.29 is 14.4 Å². The molecule has 0 radical (unpaired) electrons. The van der Waals surface area contributed by atoms with Gasteiger partial charge in [0, 0.05) is 13.3 Å². The topological polar surface area (TPSA) is 47.9 Å². The second-order valence-corrected chi connectivity index (χ2v) is 3.03. The van der Waals surface area contributed by atoms with E-state index in [0.717, 1.165) is 25.0 Å². The largest absolute Gasteiger partial charge is 0.465 e. The van der Waals surface area contributed by atoms with Crippen molar-refractivity contribution in [3.63, 3.8) is 0 Å². The third-order valence-corrected chi connectivity index (χ3v) is 1.74. The summed E-state index contributed by atoms with van der Waals surface area (Å²) >= 11 is 0. The van der Waals surface area contributed by atoms with Crippen LogP contribution in [0, 0.1) is 0 Å². The van der Waals surface area contributed by atoms with Crippen LogP contribution in [0.1, 0.15) is 39.5 Å². The number of carbonyl (C=O) groups is 1. The van der Waals surface area contributed by atoms with E-state index in [-0.39, 0.29) is 5.97 Å². The smallest absolute Gasteiger partial charge is 0.302 e. The molecule has 0 aromatic heterocycles. The molecule has 0 heterocycles. The van der Waals surface area contributed by atoms with Gasteiger partial charge < -0.3 is 9.57 Å². The fraction of sp³-hybridized carbons (Fsp3) is 0.800. The highest BCUT2D eigenvalue weighted by Crippen LogP contribution is 2.02. The molecule has 0 aromatic rings. The van der Waals surface area contributed by atoms with E-state index in [4.69, 9.17) is 9.57 Å². The fourth-order valence-electron chi connectivity index (χ4n) is 1.04. The minimum Gasteiger partial charge on any atom is -0.465 e. The van der Waals surface area contributed by atoms with Gasteiger partial charge in [-0.2, -0.15) is 0 Å². The Hall–Kier alpha value is -1.06. The normalized spacial score (nSPS) is 11.2. The monoisotopic (exact) mass is 201 g/mol. The lowest BCUT2D eigenvalue weighted by Gasteiger charge is -2.04. The van der Waals surface area contributed by atoms with Gasteiger partial charge in [-0.1, -0.05) is 18.5 Å². The Kier molecular flexibility index (Phi) is 7.89. The van der Waals surface area contributed by atoms with Gasteiger partial charge in [0.25, 0.3) is 0 Å². The zero-order chi connectivity index (χ0) is 10.8. The Balaban J connectivity index is 3.73. The highest BCUT2D eigenvalue weighted by atomic mass is 16.6. The van der Waals surface area contributed by atoms with E-state index >= 15 is 0 Å². The first-order chi connectivity index (χ1) is 6.70. The number of oxime groups is 1. The molecule has 0 aromatic carbocycles. The van der Waals surface area contributed by atoms with E-state index in [1.807, 2.05) is 0 Å². The summed E-state index contributed by atoms with van der Waals surface area (Å²) in [6.07, 6.45) is 3.78. The van der Waals surface area contributed by atoms with Crippen LogP contribution in [-0.2, 0) is 14.4 Å². The van der Waals surface area contributed by atoms with Crippen molar-refractivity contribution in [2.75, 3.05) is 13.7 Å². The van der Waals surface area contributed by atoms with Crippen LogP contribution in [0.5, 0.6) is 0 Å². The highest BCUT2D eigenvalue weighted by Gasteiger charge is 2.01. The Labute approximate surface area is 85.3 Å². The number of hydrogen-bond acceptors (Lipinski definition) is 4. The molecule has 0 N–H and O–H groups in total. The van der Waals surface area contributed by atoms with Crippen LogP contribution < -0.4 is 0 Å². The molecule has 0 spiro atoms. The number of esters is 1. The molecule has 0 rings (SSSR count). The number of nitrogens with zero attached hydrogens (tertiary/aromatic N) is 1. The van der Waals surface area contributed by atoms with Crippen LogP contribution in [0.15, 0.2) is 5.16 Å². The van der Waals surface area contributed by atoms with Crippen molar-refractivity contribution in [1.82, 2.24) is 0 Å². The van der Waals surface area contributed by atoms with Gasteiger partial charge in [-0.3, -0.25) is 4.79 Å². The van der Waals surface area contributed by atoms with Crippen LogP contribution in [0.3, 0.4) is 0 Å². The lowest BCUT2D eigenvalue weighted by Crippen LogP contribution is -2.07. The first-order valence-corrected chi connectivity index (χ1v) is 4.93. The Bertz CT molecular complexity index is 190. The van der Waals surface area contributed by atoms with E-state index < -0.39 is 0 Å². The predicted octanol–water partition coefficient (Wildman–Crippen LogP) is 2.13. The maximum absolute atomic E-state index is 10.5. The molecule has 14 heavy (non-hydrogen) atoms. The molecular formula is C10H19NO3. The summed E-state index contributed by atoms with van der Waals surface area (Å²) in [6, 6.07) is 0. The third kappa shape index (κ3) is 7.58. The minimum atomic E-state index is -0.253. The molecule has 0 atom stereocenters. The van der Waals surface area contributed by atoms with E-state index in [9.17, 15) is 4.79 Å². The van der Waals surface area contributed by atoms with Gasteiger partial charge in [0.2, 0.25) is 0 Å². The lowest BCUT2D eigenvalue weighted by atomic mass is 10.1. The molecule has 0 bridgehead atoms. The van der Waals surface area contributed by atoms with E-state index in [0.29, 0.717) is 13.0 Å². The fourth-order valence-corrected chi connectivity index (χ4v) is 1.04. The van der Waals surface area contributed by atoms with Gasteiger partial charge in [0.15, 0.2) is 0 Å². The van der Waals surface area contributed by atoms with Crippen molar-refractivity contribution in [2.45, 2.75) is 39.5 Å². The van der Waals surface area contributed by atoms with Gasteiger partial charge in [0.05, 0.1) is 12.3 Å². The summed E-state index contributed by atoms with van der Waals surface area (Å²) in [6.45, 7) is 3.91. The first kappa shape index (κ1) is 12.9. The molecule has 0 aliphatic carbocycles. The molecule has 0 unspecified atom stereocenters. The quantitative estimate of drug-likeness (QED) is 0.360. The van der Waals surface area contributed by atoms with Crippen molar-refractivity contribution in [3.8, 4) is 0 Å². The number of ether oxygens (including phenoxy) is 1. The molecule has 0 fully saturated rings. The van der Waals surface area contributed by atoms with Gasteiger partial charge in [0.1, 0.15) is 7.11 Å². The Morgan fingerprint density at radius 2 is 2.07 bits per heavy atom. The number of carbonyl (C=O) groups excluding carboxylic acids is 1. The molecule has 82 valence electrons. The summed E-state index contributed by atoms with van der Waals surface area (Å²) in [4.78, 5) is 15.2. The molecule has 0 saturated carbocycles. The van der Waals surface area contributed by atoms with Crippen molar-refractivity contribution in [3.05, 3.63) is 0 Å². The third-order valence-electron chi connectivity index (χ3n) is 1.74. The molecular weight excluding hydrogens is 182 g/mol. The second kappa shape index (κ2) is 8.53. The minimum absolute atomic E-state index is 0.253. The molecule has 4 heteroatoms. The van der Waals surface area contributed by atoms with Crippen molar-refractivity contribution in [1.29, 1.82) is 0 Å². The predicted molar refractivity (Wildman–Crippen MR) is 55.2 cm³/mol. The van der Waals surface area contributed by atoms with Crippen LogP contribution in [0.25, 0.3) is 0 Å². The molecule has 0 aliphatic heterocycles. The van der Waals surface area contributed by atoms with Gasteiger partial charge in [-0.25, -0.2) is 0 Å². The summed E-state index contributed by atoms with van der Waals surface area (Å²) in [5, 5.41) is 3.88. The van der Waals surface area contributed by atoms with Crippen LogP contribution >= 0.6 is 0 Å². The molecule has 0 amide bonds. The van der Waals surface area contributed by atoms with Gasteiger partial charge >= 0.3 is 5.97 Å². The van der Waals surface area contributed by atoms with Crippen LogP contribution in [-0.4, -0.2) is 25.4 Å². The zero-order valence-electron chi connectivity index (χ0n) is 9.21. The zero-order valence-corrected chi connectivity index (χ0v) is 9.21. The maximum atomic E-state index is 10.5. The lowest BCUT2D eigenvalue weighted by molar-refractivity contribution is -0.140. The van der Waals surface area contributed by atoms with Crippen LogP contribution in [0.4, 0.5) is 0 Å². The van der Waals surface area contributed by atoms with Crippen molar-refractivity contribution >= 4 is 11.7 Å². The summed E-state index contributed by atoms with van der Waals surface area (Å²) in [5.41, 5.74) is 0.954. The SMILES string of the molecule is CCCC/C(CCOC(C)=O)=N/OC. The van der Waals surface area contributed by atoms with E-state index in [1.165, 1.54) is 14.0 Å². The van der Waals surface area contributed by atoms with Crippen molar-refractivity contribution in [2.24, 2.45) is 5.16 Å². The standard InChI is InChI=1S/C10H19NO3/c1-4-5-6-10(11-13-3)7-8-14-9(2)12/h4-8H2,1-3H3/b11-10-. The number of rotatable bonds is 7. The highest BCUT2D eigenvalue weighted by molar-refractivity contribution is 5.84. The van der Waals surface area contributed by atoms with Crippen LogP contribution in [0.2, 0.25) is 0 Å². The summed E-state index contributed by atoms with van der Waals surface area (Å²) in [7, 11) is 1.53. The van der Waals surface area contributed by atoms with E-state index in [2.05, 4.69) is 12.1 Å². The van der Waals surface area contributed by atoms with E-state index in [1.54, 1.807) is 0 Å². The maximum Gasteiger partial charge on any atom is 0.302 e. The Morgan fingerprint density at radius 1 is 1.36 bits per heavy atom. The summed E-state index contributed by atoms with van der Waals surface area (Å²) in [5.74, 6) is -0.253.